The number of hydrogen-bond acceptors (Lipinski definition) is 2. The van der Waals surface area contributed by atoms with E-state index in [2.05, 4.69) is 20.9 Å². The first-order valence-corrected chi connectivity index (χ1v) is 5.26. The van der Waals surface area contributed by atoms with E-state index < -0.39 is 0 Å². The number of hydrogen-bond donors (Lipinski definition) is 1. The maximum atomic E-state index is 5.99. The molecule has 2 rings (SSSR count). The summed E-state index contributed by atoms with van der Waals surface area (Å²) in [4.78, 5) is 4.05. The molecular formula is C10H8BrClN2. The highest BCUT2D eigenvalue weighted by Gasteiger charge is 2.07. The largest absolute Gasteiger partial charge is 0.398 e. The van der Waals surface area contributed by atoms with Crippen LogP contribution in [-0.2, 0) is 0 Å². The average Bonchev–Trinajstić information content (AvgIpc) is 2.10. The van der Waals surface area contributed by atoms with Crippen molar-refractivity contribution in [1.82, 2.24) is 4.98 Å². The van der Waals surface area contributed by atoms with E-state index in [1.807, 2.05) is 19.1 Å². The second-order valence-electron chi connectivity index (χ2n) is 3.17. The molecule has 1 heterocycles. The normalized spacial score (nSPS) is 10.8. The zero-order valence-corrected chi connectivity index (χ0v) is 9.85. The van der Waals surface area contributed by atoms with Crippen molar-refractivity contribution in [2.45, 2.75) is 6.92 Å². The number of aromatic nitrogens is 1. The van der Waals surface area contributed by atoms with Crippen LogP contribution in [0.5, 0.6) is 0 Å². The van der Waals surface area contributed by atoms with Gasteiger partial charge in [0.15, 0.2) is 0 Å². The maximum absolute atomic E-state index is 5.99. The molecule has 0 unspecified atom stereocenters. The highest BCUT2D eigenvalue weighted by molar-refractivity contribution is 9.10. The van der Waals surface area contributed by atoms with Crippen LogP contribution in [0.15, 0.2) is 22.8 Å². The SMILES string of the molecule is Cc1cc(N)c2c(Br)cnc(Cl)c2c1. The van der Waals surface area contributed by atoms with Gasteiger partial charge in [0, 0.05) is 27.1 Å². The van der Waals surface area contributed by atoms with Gasteiger partial charge in [-0.25, -0.2) is 4.98 Å². The van der Waals surface area contributed by atoms with Crippen molar-refractivity contribution in [2.24, 2.45) is 0 Å². The summed E-state index contributed by atoms with van der Waals surface area (Å²) in [5.41, 5.74) is 7.71. The van der Waals surface area contributed by atoms with E-state index in [4.69, 9.17) is 17.3 Å². The highest BCUT2D eigenvalue weighted by atomic mass is 79.9. The Hall–Kier alpha value is -0.800. The van der Waals surface area contributed by atoms with Crippen molar-refractivity contribution in [2.75, 3.05) is 5.73 Å². The van der Waals surface area contributed by atoms with Crippen LogP contribution in [0.1, 0.15) is 5.56 Å². The monoisotopic (exact) mass is 270 g/mol. The van der Waals surface area contributed by atoms with Gasteiger partial charge >= 0.3 is 0 Å². The molecule has 72 valence electrons. The summed E-state index contributed by atoms with van der Waals surface area (Å²) in [5.74, 6) is 0. The molecule has 0 radical (unpaired) electrons. The van der Waals surface area contributed by atoms with Gasteiger partial charge in [-0.05, 0) is 40.5 Å². The number of halogens is 2. The lowest BCUT2D eigenvalue weighted by Crippen LogP contribution is -1.91. The second-order valence-corrected chi connectivity index (χ2v) is 4.39. The topological polar surface area (TPSA) is 38.9 Å². The summed E-state index contributed by atoms with van der Waals surface area (Å²) in [6.45, 7) is 1.98. The van der Waals surface area contributed by atoms with Gasteiger partial charge in [-0.2, -0.15) is 0 Å². The van der Waals surface area contributed by atoms with Crippen LogP contribution in [0, 0.1) is 6.92 Å². The molecule has 0 spiro atoms. The first-order valence-electron chi connectivity index (χ1n) is 4.09. The molecule has 1 aromatic carbocycles. The Morgan fingerprint density at radius 1 is 1.43 bits per heavy atom. The van der Waals surface area contributed by atoms with Gasteiger partial charge in [-0.1, -0.05) is 11.6 Å². The van der Waals surface area contributed by atoms with Crippen molar-refractivity contribution in [1.29, 1.82) is 0 Å². The molecule has 0 aliphatic rings. The van der Waals surface area contributed by atoms with Gasteiger partial charge in [0.05, 0.1) is 0 Å². The molecule has 0 aliphatic carbocycles. The van der Waals surface area contributed by atoms with E-state index in [0.29, 0.717) is 5.15 Å². The fraction of sp³-hybridized carbons (Fsp3) is 0.100. The molecule has 0 saturated heterocycles. The van der Waals surface area contributed by atoms with Crippen LogP contribution in [0.25, 0.3) is 10.8 Å². The van der Waals surface area contributed by atoms with E-state index in [0.717, 1.165) is 26.5 Å². The van der Waals surface area contributed by atoms with Crippen molar-refractivity contribution in [3.63, 3.8) is 0 Å². The Balaban J connectivity index is 3.00. The fourth-order valence-corrected chi connectivity index (χ4v) is 2.23. The summed E-state index contributed by atoms with van der Waals surface area (Å²) >= 11 is 9.39. The number of rotatable bonds is 0. The average molecular weight is 272 g/mol. The van der Waals surface area contributed by atoms with Gasteiger partial charge < -0.3 is 5.73 Å². The summed E-state index contributed by atoms with van der Waals surface area (Å²) in [6, 6.07) is 3.90. The van der Waals surface area contributed by atoms with E-state index >= 15 is 0 Å². The highest BCUT2D eigenvalue weighted by Crippen LogP contribution is 2.33. The smallest absolute Gasteiger partial charge is 0.136 e. The quantitative estimate of drug-likeness (QED) is 0.588. The van der Waals surface area contributed by atoms with Crippen LogP contribution < -0.4 is 5.73 Å². The van der Waals surface area contributed by atoms with Crippen LogP contribution in [0.4, 0.5) is 5.69 Å². The molecule has 2 nitrogen and oxygen atoms in total. The number of nitrogens with zero attached hydrogens (tertiary/aromatic N) is 1. The minimum atomic E-state index is 0.485. The number of pyridine rings is 1. The third kappa shape index (κ3) is 1.47. The van der Waals surface area contributed by atoms with E-state index in [-0.39, 0.29) is 0 Å². The van der Waals surface area contributed by atoms with Crippen molar-refractivity contribution >= 4 is 44.0 Å². The van der Waals surface area contributed by atoms with Gasteiger partial charge in [0.1, 0.15) is 5.15 Å². The van der Waals surface area contributed by atoms with Crippen molar-refractivity contribution < 1.29 is 0 Å². The van der Waals surface area contributed by atoms with E-state index in [1.54, 1.807) is 6.20 Å². The maximum Gasteiger partial charge on any atom is 0.136 e. The number of fused-ring (bicyclic) bond motifs is 1. The van der Waals surface area contributed by atoms with E-state index in [9.17, 15) is 0 Å². The number of aryl methyl sites for hydroxylation is 1. The Kier molecular flexibility index (Phi) is 2.37. The van der Waals surface area contributed by atoms with Gasteiger partial charge in [0.2, 0.25) is 0 Å². The fourth-order valence-electron chi connectivity index (χ4n) is 1.49. The van der Waals surface area contributed by atoms with Gasteiger partial charge in [-0.3, -0.25) is 0 Å². The van der Waals surface area contributed by atoms with E-state index in [1.165, 1.54) is 0 Å². The molecular weight excluding hydrogens is 263 g/mol. The third-order valence-electron chi connectivity index (χ3n) is 2.07. The molecule has 0 saturated carbocycles. The molecule has 2 aromatic rings. The molecule has 4 heteroatoms. The van der Waals surface area contributed by atoms with Crippen LogP contribution in [0.2, 0.25) is 5.15 Å². The van der Waals surface area contributed by atoms with Crippen LogP contribution in [-0.4, -0.2) is 4.98 Å². The Labute approximate surface area is 95.2 Å². The first kappa shape index (κ1) is 9.74. The summed E-state index contributed by atoms with van der Waals surface area (Å²) in [7, 11) is 0. The number of nitrogen functional groups attached to an aromatic ring is 1. The molecule has 14 heavy (non-hydrogen) atoms. The van der Waals surface area contributed by atoms with Crippen molar-refractivity contribution in [3.05, 3.63) is 33.5 Å². The van der Waals surface area contributed by atoms with Gasteiger partial charge in [0.25, 0.3) is 0 Å². The lowest BCUT2D eigenvalue weighted by Gasteiger charge is -2.06. The number of benzene rings is 1. The minimum absolute atomic E-state index is 0.485. The standard InChI is InChI=1S/C10H8BrClN2/c1-5-2-6-9(8(13)3-5)7(11)4-14-10(6)12/h2-4H,13H2,1H3. The molecule has 0 aliphatic heterocycles. The molecule has 0 bridgehead atoms. The zero-order chi connectivity index (χ0) is 10.3. The lowest BCUT2D eigenvalue weighted by atomic mass is 10.1. The summed E-state index contributed by atoms with van der Waals surface area (Å²) in [6.07, 6.45) is 1.66. The number of nitrogens with two attached hydrogens (primary N) is 1. The zero-order valence-electron chi connectivity index (χ0n) is 7.51. The Bertz CT molecular complexity index is 511. The second kappa shape index (κ2) is 3.41. The third-order valence-corrected chi connectivity index (χ3v) is 2.97. The molecule has 1 aromatic heterocycles. The first-order chi connectivity index (χ1) is 6.59. The number of anilines is 1. The summed E-state index contributed by atoms with van der Waals surface area (Å²) in [5, 5.41) is 2.30. The predicted octanol–water partition coefficient (Wildman–Crippen LogP) is 3.54. The van der Waals surface area contributed by atoms with Crippen LogP contribution >= 0.6 is 27.5 Å². The molecule has 2 N–H and O–H groups in total. The lowest BCUT2D eigenvalue weighted by molar-refractivity contribution is 1.34. The Morgan fingerprint density at radius 2 is 2.14 bits per heavy atom. The van der Waals surface area contributed by atoms with Gasteiger partial charge in [-0.15, -0.1) is 0 Å². The van der Waals surface area contributed by atoms with Crippen LogP contribution in [0.3, 0.4) is 0 Å². The predicted molar refractivity (Wildman–Crippen MR) is 63.6 cm³/mol. The van der Waals surface area contributed by atoms with Crippen molar-refractivity contribution in [3.8, 4) is 0 Å². The summed E-state index contributed by atoms with van der Waals surface area (Å²) < 4.78 is 0.870. The minimum Gasteiger partial charge on any atom is -0.398 e. The molecule has 0 fully saturated rings. The molecule has 0 atom stereocenters. The Morgan fingerprint density at radius 3 is 2.86 bits per heavy atom. The molecule has 0 amide bonds.